The molecule has 0 aliphatic carbocycles. The maximum absolute atomic E-state index is 5.85. The molecule has 1 aromatic carbocycles. The van der Waals surface area contributed by atoms with Crippen LogP contribution in [0.3, 0.4) is 0 Å². The summed E-state index contributed by atoms with van der Waals surface area (Å²) < 4.78 is 5.85. The van der Waals surface area contributed by atoms with Gasteiger partial charge in [0, 0.05) is 32.4 Å². The zero-order valence-corrected chi connectivity index (χ0v) is 14.4. The fourth-order valence-corrected chi connectivity index (χ4v) is 2.60. The zero-order chi connectivity index (χ0) is 16.5. The molecular formula is C19H27N3O. The molecule has 0 saturated carbocycles. The van der Waals surface area contributed by atoms with Gasteiger partial charge in [0.15, 0.2) is 0 Å². The van der Waals surface area contributed by atoms with Crippen molar-refractivity contribution >= 4 is 5.69 Å². The second-order valence-electron chi connectivity index (χ2n) is 5.33. The summed E-state index contributed by atoms with van der Waals surface area (Å²) >= 11 is 0. The van der Waals surface area contributed by atoms with Crippen LogP contribution in [0.5, 0.6) is 5.75 Å². The largest absolute Gasteiger partial charge is 0.492 e. The molecule has 23 heavy (non-hydrogen) atoms. The lowest BCUT2D eigenvalue weighted by molar-refractivity contribution is 0.340. The summed E-state index contributed by atoms with van der Waals surface area (Å²) in [7, 11) is 0. The monoisotopic (exact) mass is 313 g/mol. The van der Waals surface area contributed by atoms with Crippen molar-refractivity contribution in [3.63, 3.8) is 0 Å². The molecule has 1 N–H and O–H groups in total. The smallest absolute Gasteiger partial charge is 0.142 e. The average molecular weight is 313 g/mol. The van der Waals surface area contributed by atoms with Crippen molar-refractivity contribution < 1.29 is 4.74 Å². The van der Waals surface area contributed by atoms with Crippen molar-refractivity contribution in [2.75, 3.05) is 24.6 Å². The predicted molar refractivity (Wildman–Crippen MR) is 96.0 cm³/mol. The number of pyridine rings is 1. The molecule has 0 fully saturated rings. The Balaban J connectivity index is 2.03. The molecular weight excluding hydrogens is 286 g/mol. The third kappa shape index (κ3) is 4.96. The van der Waals surface area contributed by atoms with Gasteiger partial charge in [-0.3, -0.25) is 4.98 Å². The number of nitrogens with zero attached hydrogens (tertiary/aromatic N) is 2. The van der Waals surface area contributed by atoms with Crippen molar-refractivity contribution in [3.8, 4) is 5.75 Å². The fraction of sp³-hybridized carbons (Fsp3) is 0.421. The van der Waals surface area contributed by atoms with E-state index in [0.29, 0.717) is 6.61 Å². The van der Waals surface area contributed by atoms with Crippen molar-refractivity contribution in [2.24, 2.45) is 0 Å². The average Bonchev–Trinajstić information content (AvgIpc) is 2.59. The Bertz CT molecular complexity index is 582. The number of rotatable bonds is 9. The molecule has 4 nitrogen and oxygen atoms in total. The third-order valence-electron chi connectivity index (χ3n) is 3.79. The van der Waals surface area contributed by atoms with Gasteiger partial charge in [-0.05, 0) is 50.6 Å². The van der Waals surface area contributed by atoms with E-state index in [9.17, 15) is 0 Å². The van der Waals surface area contributed by atoms with Crippen molar-refractivity contribution in [2.45, 2.75) is 33.9 Å². The molecule has 1 heterocycles. The highest BCUT2D eigenvalue weighted by Crippen LogP contribution is 2.29. The first-order valence-electron chi connectivity index (χ1n) is 8.39. The number of anilines is 1. The van der Waals surface area contributed by atoms with Gasteiger partial charge in [0.1, 0.15) is 5.75 Å². The number of aromatic nitrogens is 1. The lowest BCUT2D eigenvalue weighted by atomic mass is 10.1. The molecule has 4 heteroatoms. The Kier molecular flexibility index (Phi) is 6.88. The molecule has 0 aliphatic heterocycles. The Hall–Kier alpha value is -2.07. The van der Waals surface area contributed by atoms with E-state index in [1.807, 2.05) is 31.3 Å². The topological polar surface area (TPSA) is 37.4 Å². The molecule has 0 amide bonds. The molecule has 0 radical (unpaired) electrons. The molecule has 124 valence electrons. The number of nitrogens with one attached hydrogen (secondary N) is 1. The summed E-state index contributed by atoms with van der Waals surface area (Å²) in [6.45, 7) is 10.6. The number of hydrogen-bond donors (Lipinski definition) is 1. The maximum Gasteiger partial charge on any atom is 0.142 e. The maximum atomic E-state index is 5.85. The van der Waals surface area contributed by atoms with Gasteiger partial charge < -0.3 is 15.0 Å². The van der Waals surface area contributed by atoms with Crippen molar-refractivity contribution in [1.82, 2.24) is 10.3 Å². The lowest BCUT2D eigenvalue weighted by Crippen LogP contribution is -2.23. The van der Waals surface area contributed by atoms with Crippen LogP contribution in [-0.4, -0.2) is 24.7 Å². The Labute approximate surface area is 139 Å². The molecule has 2 rings (SSSR count). The molecule has 0 spiro atoms. The van der Waals surface area contributed by atoms with Crippen LogP contribution in [-0.2, 0) is 13.1 Å². The van der Waals surface area contributed by atoms with Crippen LogP contribution in [0.2, 0.25) is 0 Å². The standard InChI is InChI=1S/C19H27N3O/c1-4-22(5-2)18-11-10-16(13-19(18)23-6-3)14-20-15-17-9-7-8-12-21-17/h7-13,20H,4-6,14-15H2,1-3H3. The van der Waals surface area contributed by atoms with Gasteiger partial charge in [0.2, 0.25) is 0 Å². The lowest BCUT2D eigenvalue weighted by Gasteiger charge is -2.24. The van der Waals surface area contributed by atoms with E-state index in [2.05, 4.69) is 47.2 Å². The van der Waals surface area contributed by atoms with Gasteiger partial charge >= 0.3 is 0 Å². The SMILES string of the molecule is CCOc1cc(CNCc2ccccn2)ccc1N(CC)CC. The van der Waals surface area contributed by atoms with Gasteiger partial charge in [0.05, 0.1) is 18.0 Å². The second-order valence-corrected chi connectivity index (χ2v) is 5.33. The summed E-state index contributed by atoms with van der Waals surface area (Å²) in [5, 5.41) is 3.43. The first-order chi connectivity index (χ1) is 11.3. The van der Waals surface area contributed by atoms with E-state index in [1.165, 1.54) is 11.3 Å². The first kappa shape index (κ1) is 17.3. The summed E-state index contributed by atoms with van der Waals surface area (Å²) in [5.41, 5.74) is 3.45. The van der Waals surface area contributed by atoms with E-state index in [0.717, 1.165) is 37.6 Å². The van der Waals surface area contributed by atoms with Crippen LogP contribution in [0.15, 0.2) is 42.6 Å². The summed E-state index contributed by atoms with van der Waals surface area (Å²) in [6, 6.07) is 12.4. The molecule has 0 bridgehead atoms. The van der Waals surface area contributed by atoms with E-state index in [-0.39, 0.29) is 0 Å². The zero-order valence-electron chi connectivity index (χ0n) is 14.4. The van der Waals surface area contributed by atoms with Gasteiger partial charge in [-0.2, -0.15) is 0 Å². The van der Waals surface area contributed by atoms with E-state index in [1.54, 1.807) is 0 Å². The van der Waals surface area contributed by atoms with E-state index >= 15 is 0 Å². The molecule has 0 saturated heterocycles. The van der Waals surface area contributed by atoms with E-state index < -0.39 is 0 Å². The van der Waals surface area contributed by atoms with Crippen LogP contribution in [0.1, 0.15) is 32.0 Å². The minimum absolute atomic E-state index is 0.680. The van der Waals surface area contributed by atoms with Gasteiger partial charge in [-0.15, -0.1) is 0 Å². The Morgan fingerprint density at radius 2 is 1.87 bits per heavy atom. The van der Waals surface area contributed by atoms with Crippen molar-refractivity contribution in [3.05, 3.63) is 53.9 Å². The highest BCUT2D eigenvalue weighted by molar-refractivity contribution is 5.59. The number of benzene rings is 1. The minimum atomic E-state index is 0.680. The highest BCUT2D eigenvalue weighted by atomic mass is 16.5. The Morgan fingerprint density at radius 3 is 2.52 bits per heavy atom. The number of hydrogen-bond acceptors (Lipinski definition) is 4. The second kappa shape index (κ2) is 9.16. The first-order valence-corrected chi connectivity index (χ1v) is 8.39. The van der Waals surface area contributed by atoms with Gasteiger partial charge in [0.25, 0.3) is 0 Å². The van der Waals surface area contributed by atoms with Crippen LogP contribution >= 0.6 is 0 Å². The molecule has 0 unspecified atom stereocenters. The quantitative estimate of drug-likeness (QED) is 0.767. The van der Waals surface area contributed by atoms with Gasteiger partial charge in [-0.1, -0.05) is 12.1 Å². The minimum Gasteiger partial charge on any atom is -0.492 e. The summed E-state index contributed by atoms with van der Waals surface area (Å²) in [5.74, 6) is 0.966. The molecule has 0 aliphatic rings. The summed E-state index contributed by atoms with van der Waals surface area (Å²) in [4.78, 5) is 6.64. The third-order valence-corrected chi connectivity index (χ3v) is 3.79. The van der Waals surface area contributed by atoms with Crippen molar-refractivity contribution in [1.29, 1.82) is 0 Å². The molecule has 1 aromatic heterocycles. The summed E-state index contributed by atoms with van der Waals surface area (Å²) in [6.07, 6.45) is 1.82. The molecule has 2 aromatic rings. The highest BCUT2D eigenvalue weighted by Gasteiger charge is 2.10. The van der Waals surface area contributed by atoms with Gasteiger partial charge in [-0.25, -0.2) is 0 Å². The fourth-order valence-electron chi connectivity index (χ4n) is 2.60. The van der Waals surface area contributed by atoms with Crippen LogP contribution in [0.4, 0.5) is 5.69 Å². The number of ether oxygens (including phenoxy) is 1. The normalized spacial score (nSPS) is 10.6. The van der Waals surface area contributed by atoms with Crippen LogP contribution in [0, 0.1) is 0 Å². The van der Waals surface area contributed by atoms with Crippen LogP contribution < -0.4 is 15.0 Å². The van der Waals surface area contributed by atoms with E-state index in [4.69, 9.17) is 4.74 Å². The predicted octanol–water partition coefficient (Wildman–Crippen LogP) is 3.62. The Morgan fingerprint density at radius 1 is 1.04 bits per heavy atom. The molecule has 0 atom stereocenters. The van der Waals surface area contributed by atoms with Crippen LogP contribution in [0.25, 0.3) is 0 Å².